The molecule has 9 rings (SSSR count). The molecule has 1 atom stereocenters. The molecule has 1 unspecified atom stereocenters. The van der Waals surface area contributed by atoms with E-state index in [2.05, 4.69) is 103 Å². The van der Waals surface area contributed by atoms with Gasteiger partial charge < -0.3 is 0 Å². The highest BCUT2D eigenvalue weighted by Crippen LogP contribution is 2.57. The van der Waals surface area contributed by atoms with Gasteiger partial charge in [0, 0.05) is 27.0 Å². The molecule has 4 aliphatic carbocycles. The number of benzene rings is 3. The zero-order valence-corrected chi connectivity index (χ0v) is 25.2. The molecule has 0 N–H and O–H groups in total. The molecule has 2 nitrogen and oxygen atoms in total. The van der Waals surface area contributed by atoms with Crippen LogP contribution in [0.2, 0.25) is 0 Å². The Labute approximate surface area is 257 Å². The van der Waals surface area contributed by atoms with Gasteiger partial charge in [-0.1, -0.05) is 116 Å². The van der Waals surface area contributed by atoms with E-state index in [1.165, 1.54) is 69.2 Å². The number of rotatable bonds is 3. The molecule has 210 valence electrons. The molecule has 1 saturated carbocycles. The van der Waals surface area contributed by atoms with Crippen molar-refractivity contribution in [3.63, 3.8) is 0 Å². The van der Waals surface area contributed by atoms with Crippen LogP contribution in [0.25, 0.3) is 42.6 Å². The van der Waals surface area contributed by atoms with E-state index in [-0.39, 0.29) is 11.3 Å². The molecule has 0 bridgehead atoms. The Hall–Kier alpha value is -4.08. The molecule has 3 aromatic carbocycles. The molecule has 0 amide bonds. The fourth-order valence-corrected chi connectivity index (χ4v) is 9.43. The number of nitrogens with zero attached hydrogens (tertiary/aromatic N) is 2. The lowest BCUT2D eigenvalue weighted by atomic mass is 9.67. The van der Waals surface area contributed by atoms with Crippen molar-refractivity contribution < 1.29 is 0 Å². The predicted molar refractivity (Wildman–Crippen MR) is 181 cm³/mol. The van der Waals surface area contributed by atoms with E-state index in [9.17, 15) is 0 Å². The molecule has 43 heavy (non-hydrogen) atoms. The monoisotopic (exact) mass is 574 g/mol. The van der Waals surface area contributed by atoms with Gasteiger partial charge in [-0.15, -0.1) is 11.3 Å². The largest absolute Gasteiger partial charge is 0.231 e. The number of aromatic nitrogens is 2. The molecule has 2 heterocycles. The summed E-state index contributed by atoms with van der Waals surface area (Å²) >= 11 is 1.84. The zero-order valence-electron chi connectivity index (χ0n) is 24.4. The van der Waals surface area contributed by atoms with E-state index < -0.39 is 0 Å². The Morgan fingerprint density at radius 3 is 2.42 bits per heavy atom. The third-order valence-electron chi connectivity index (χ3n) is 10.3. The summed E-state index contributed by atoms with van der Waals surface area (Å²) < 4.78 is 2.51. The first-order valence-electron chi connectivity index (χ1n) is 16.0. The number of thiophene rings is 1. The van der Waals surface area contributed by atoms with Crippen molar-refractivity contribution in [1.29, 1.82) is 0 Å². The summed E-state index contributed by atoms with van der Waals surface area (Å²) in [7, 11) is 0. The van der Waals surface area contributed by atoms with Crippen LogP contribution in [0, 0.1) is 0 Å². The summed E-state index contributed by atoms with van der Waals surface area (Å²) in [6, 6.07) is 25.0. The molecular weight excluding hydrogens is 541 g/mol. The van der Waals surface area contributed by atoms with Crippen molar-refractivity contribution in [3.8, 4) is 11.1 Å². The lowest BCUT2D eigenvalue weighted by molar-refractivity contribution is 0.353. The van der Waals surface area contributed by atoms with Crippen molar-refractivity contribution >= 4 is 42.8 Å². The van der Waals surface area contributed by atoms with Gasteiger partial charge in [-0.3, -0.25) is 0 Å². The molecule has 0 aliphatic heterocycles. The molecule has 5 aromatic rings. The lowest BCUT2D eigenvalue weighted by Gasteiger charge is -2.36. The van der Waals surface area contributed by atoms with Gasteiger partial charge in [0.1, 0.15) is 0 Å². The molecule has 4 aliphatic rings. The van der Waals surface area contributed by atoms with Gasteiger partial charge in [0.25, 0.3) is 0 Å². The molecular formula is C40H34N2S. The van der Waals surface area contributed by atoms with Gasteiger partial charge >= 0.3 is 0 Å². The van der Waals surface area contributed by atoms with Crippen LogP contribution in [-0.4, -0.2) is 9.97 Å². The SMILES string of the molecule is C1=CC(c2nc(C3C=CC(c4cccc5c4-c4ccccc4C54CCCCC4)=CC3)c3sc4ccccc4c3n2)=CCC1. The maximum absolute atomic E-state index is 5.29. The topological polar surface area (TPSA) is 25.8 Å². The van der Waals surface area contributed by atoms with Crippen LogP contribution in [-0.2, 0) is 5.41 Å². The van der Waals surface area contributed by atoms with Crippen LogP contribution in [0.3, 0.4) is 0 Å². The summed E-state index contributed by atoms with van der Waals surface area (Å²) in [6.45, 7) is 0. The highest BCUT2D eigenvalue weighted by atomic mass is 32.1. The fourth-order valence-electron chi connectivity index (χ4n) is 8.23. The summed E-state index contributed by atoms with van der Waals surface area (Å²) in [4.78, 5) is 10.4. The van der Waals surface area contributed by atoms with Crippen LogP contribution < -0.4 is 0 Å². The summed E-state index contributed by atoms with van der Waals surface area (Å²) in [5, 5.41) is 1.24. The lowest BCUT2D eigenvalue weighted by Crippen LogP contribution is -2.28. The van der Waals surface area contributed by atoms with Gasteiger partial charge in [-0.2, -0.15) is 0 Å². The van der Waals surface area contributed by atoms with Gasteiger partial charge in [-0.25, -0.2) is 9.97 Å². The van der Waals surface area contributed by atoms with E-state index in [1.807, 2.05) is 11.3 Å². The maximum atomic E-state index is 5.29. The molecule has 1 fully saturated rings. The van der Waals surface area contributed by atoms with Crippen molar-refractivity contribution in [1.82, 2.24) is 9.97 Å². The highest BCUT2D eigenvalue weighted by Gasteiger charge is 2.44. The smallest absolute Gasteiger partial charge is 0.159 e. The number of hydrogen-bond acceptors (Lipinski definition) is 3. The summed E-state index contributed by atoms with van der Waals surface area (Å²) in [6.07, 6.45) is 23.6. The van der Waals surface area contributed by atoms with Gasteiger partial charge in [-0.05, 0) is 71.6 Å². The molecule has 0 saturated heterocycles. The van der Waals surface area contributed by atoms with Crippen molar-refractivity contribution in [2.45, 2.75) is 62.7 Å². The van der Waals surface area contributed by atoms with E-state index in [4.69, 9.17) is 9.97 Å². The standard InChI is InChI=1S/C40H34N2S/c1-3-12-28(13-4-1)39-41-36(38-37(42-39)31-15-6-8-19-34(31)43-38)27-22-20-26(21-23-27)29-16-11-18-33-35(29)30-14-5-7-17-32(30)40(33)24-9-2-10-25-40/h3,5-8,11-22,27H,1-2,4,9-10,23-25H2. The van der Waals surface area contributed by atoms with E-state index in [1.54, 1.807) is 11.1 Å². The average Bonchev–Trinajstić information content (AvgIpc) is 3.59. The second-order valence-electron chi connectivity index (χ2n) is 12.6. The third-order valence-corrected chi connectivity index (χ3v) is 11.4. The van der Waals surface area contributed by atoms with Gasteiger partial charge in [0.2, 0.25) is 0 Å². The van der Waals surface area contributed by atoms with Crippen LogP contribution in [0.1, 0.15) is 85.5 Å². The first kappa shape index (κ1) is 25.4. The van der Waals surface area contributed by atoms with Crippen molar-refractivity contribution in [2.24, 2.45) is 0 Å². The molecule has 1 spiro atoms. The van der Waals surface area contributed by atoms with Crippen LogP contribution >= 0.6 is 11.3 Å². The number of hydrogen-bond donors (Lipinski definition) is 0. The minimum atomic E-state index is 0.189. The van der Waals surface area contributed by atoms with Crippen LogP contribution in [0.5, 0.6) is 0 Å². The second-order valence-corrected chi connectivity index (χ2v) is 13.7. The van der Waals surface area contributed by atoms with E-state index >= 15 is 0 Å². The third kappa shape index (κ3) is 3.91. The second kappa shape index (κ2) is 9.99. The fraction of sp³-hybridized carbons (Fsp3) is 0.250. The average molecular weight is 575 g/mol. The highest BCUT2D eigenvalue weighted by molar-refractivity contribution is 7.25. The number of allylic oxidation sites excluding steroid dienone is 8. The van der Waals surface area contributed by atoms with Crippen molar-refractivity contribution in [3.05, 3.63) is 131 Å². The van der Waals surface area contributed by atoms with E-state index in [0.717, 1.165) is 41.9 Å². The van der Waals surface area contributed by atoms with Crippen molar-refractivity contribution in [2.75, 3.05) is 0 Å². The first-order chi connectivity index (χ1) is 21.3. The van der Waals surface area contributed by atoms with Gasteiger partial charge in [0.05, 0.1) is 15.9 Å². The predicted octanol–water partition coefficient (Wildman–Crippen LogP) is 10.9. The molecule has 3 heteroatoms. The Kier molecular flexibility index (Phi) is 5.91. The normalized spacial score (nSPS) is 20.3. The Bertz CT molecular complexity index is 2050. The quantitative estimate of drug-likeness (QED) is 0.214. The molecule has 2 aromatic heterocycles. The van der Waals surface area contributed by atoms with Crippen LogP contribution in [0.4, 0.5) is 0 Å². The minimum absolute atomic E-state index is 0.189. The Balaban J connectivity index is 1.14. The summed E-state index contributed by atoms with van der Waals surface area (Å²) in [5.41, 5.74) is 12.4. The van der Waals surface area contributed by atoms with E-state index in [0.29, 0.717) is 0 Å². The first-order valence-corrected chi connectivity index (χ1v) is 16.8. The molecule has 0 radical (unpaired) electrons. The van der Waals surface area contributed by atoms with Gasteiger partial charge in [0.15, 0.2) is 5.82 Å². The Morgan fingerprint density at radius 2 is 1.56 bits per heavy atom. The Morgan fingerprint density at radius 1 is 0.721 bits per heavy atom. The minimum Gasteiger partial charge on any atom is -0.231 e. The van der Waals surface area contributed by atoms with Crippen LogP contribution in [0.15, 0.2) is 103 Å². The number of fused-ring (bicyclic) bond motifs is 8. The maximum Gasteiger partial charge on any atom is 0.159 e. The zero-order chi connectivity index (χ0) is 28.4. The summed E-state index contributed by atoms with van der Waals surface area (Å²) in [5.74, 6) is 1.09.